The van der Waals surface area contributed by atoms with Gasteiger partial charge >= 0.3 is 0 Å². The minimum absolute atomic E-state index is 0. The average Bonchev–Trinajstić information content (AvgIpc) is 2.87. The lowest BCUT2D eigenvalue weighted by Crippen LogP contribution is -2.45. The number of anilines is 1. The summed E-state index contributed by atoms with van der Waals surface area (Å²) in [6.07, 6.45) is 0.539. The van der Waals surface area contributed by atoms with Crippen LogP contribution in [0.15, 0.2) is 12.1 Å². The van der Waals surface area contributed by atoms with Gasteiger partial charge in [-0.05, 0) is 19.9 Å². The van der Waals surface area contributed by atoms with Crippen molar-refractivity contribution in [2.75, 3.05) is 31.6 Å². The molecule has 2 aliphatic rings. The molecule has 128 valence electrons. The summed E-state index contributed by atoms with van der Waals surface area (Å²) in [5.74, 6) is 1.32. The number of halogens is 1. The highest BCUT2D eigenvalue weighted by atomic mass is 35.5. The van der Waals surface area contributed by atoms with Crippen LogP contribution < -0.4 is 20.1 Å². The lowest BCUT2D eigenvalue weighted by Gasteiger charge is -2.23. The smallest absolute Gasteiger partial charge is 0.254 e. The summed E-state index contributed by atoms with van der Waals surface area (Å²) in [5.41, 5.74) is 1.75. The first-order chi connectivity index (χ1) is 10.7. The fourth-order valence-corrected chi connectivity index (χ4v) is 2.76. The Labute approximate surface area is 142 Å². The fraction of sp³-hybridized carbons (Fsp3) is 0.562. The molecule has 2 N–H and O–H groups in total. The van der Waals surface area contributed by atoms with Gasteiger partial charge in [-0.1, -0.05) is 0 Å². The molecular weight excluding hydrogens is 320 g/mol. The molecule has 2 unspecified atom stereocenters. The first-order valence-corrected chi connectivity index (χ1v) is 7.77. The second kappa shape index (κ2) is 7.86. The molecule has 0 spiro atoms. The van der Waals surface area contributed by atoms with Gasteiger partial charge in [0.05, 0.1) is 18.9 Å². The number of morpholine rings is 1. The third-order valence-electron chi connectivity index (χ3n) is 3.78. The van der Waals surface area contributed by atoms with Crippen LogP contribution in [-0.4, -0.2) is 44.4 Å². The maximum absolute atomic E-state index is 12.3. The van der Waals surface area contributed by atoms with Crippen LogP contribution in [-0.2, 0) is 16.0 Å². The largest absolute Gasteiger partial charge is 0.492 e. The number of nitrogens with one attached hydrogen (secondary N) is 2. The summed E-state index contributed by atoms with van der Waals surface area (Å²) in [5, 5.41) is 6.05. The predicted molar refractivity (Wildman–Crippen MR) is 89.9 cm³/mol. The lowest BCUT2D eigenvalue weighted by molar-refractivity contribution is -0.128. The van der Waals surface area contributed by atoms with E-state index < -0.39 is 6.10 Å². The van der Waals surface area contributed by atoms with Gasteiger partial charge in [-0.15, -0.1) is 12.4 Å². The van der Waals surface area contributed by atoms with Crippen molar-refractivity contribution in [3.8, 4) is 11.5 Å². The van der Waals surface area contributed by atoms with Gasteiger partial charge in [-0.25, -0.2) is 0 Å². The Morgan fingerprint density at radius 2 is 2.30 bits per heavy atom. The van der Waals surface area contributed by atoms with E-state index >= 15 is 0 Å². The van der Waals surface area contributed by atoms with Crippen molar-refractivity contribution in [3.63, 3.8) is 0 Å². The molecule has 0 saturated carbocycles. The van der Waals surface area contributed by atoms with E-state index in [0.717, 1.165) is 24.3 Å². The van der Waals surface area contributed by atoms with E-state index in [1.807, 2.05) is 26.0 Å². The molecular formula is C16H23ClN2O4. The maximum atomic E-state index is 12.3. The number of hydrogen-bond donors (Lipinski definition) is 2. The molecule has 0 bridgehead atoms. The van der Waals surface area contributed by atoms with E-state index in [0.29, 0.717) is 31.2 Å². The number of carbonyl (C=O) groups is 1. The van der Waals surface area contributed by atoms with Crippen LogP contribution in [0.3, 0.4) is 0 Å². The van der Waals surface area contributed by atoms with Crippen molar-refractivity contribution in [1.82, 2.24) is 5.32 Å². The normalized spacial score (nSPS) is 22.5. The minimum Gasteiger partial charge on any atom is -0.492 e. The molecule has 2 heterocycles. The predicted octanol–water partition coefficient (Wildman–Crippen LogP) is 1.76. The third-order valence-corrected chi connectivity index (χ3v) is 3.78. The molecule has 2 aliphatic heterocycles. The highest BCUT2D eigenvalue weighted by Gasteiger charge is 2.25. The van der Waals surface area contributed by atoms with Crippen molar-refractivity contribution in [3.05, 3.63) is 17.7 Å². The molecule has 0 aliphatic carbocycles. The van der Waals surface area contributed by atoms with Gasteiger partial charge in [0.2, 0.25) is 0 Å². The van der Waals surface area contributed by atoms with Crippen LogP contribution >= 0.6 is 12.4 Å². The quantitative estimate of drug-likeness (QED) is 0.872. The highest BCUT2D eigenvalue weighted by molar-refractivity contribution is 5.96. The van der Waals surface area contributed by atoms with E-state index in [2.05, 4.69) is 10.6 Å². The molecule has 0 aromatic heterocycles. The van der Waals surface area contributed by atoms with Crippen molar-refractivity contribution < 1.29 is 19.0 Å². The van der Waals surface area contributed by atoms with E-state index in [9.17, 15) is 4.79 Å². The van der Waals surface area contributed by atoms with E-state index in [4.69, 9.17) is 14.2 Å². The Morgan fingerprint density at radius 3 is 3.00 bits per heavy atom. The number of amides is 1. The molecule has 23 heavy (non-hydrogen) atoms. The van der Waals surface area contributed by atoms with Crippen molar-refractivity contribution in [2.24, 2.45) is 0 Å². The molecule has 1 saturated heterocycles. The second-order valence-corrected chi connectivity index (χ2v) is 5.57. The Hall–Kier alpha value is -1.50. The summed E-state index contributed by atoms with van der Waals surface area (Å²) >= 11 is 0. The highest BCUT2D eigenvalue weighted by Crippen LogP contribution is 2.38. The fourth-order valence-electron chi connectivity index (χ4n) is 2.76. The van der Waals surface area contributed by atoms with E-state index in [1.165, 1.54) is 0 Å². The van der Waals surface area contributed by atoms with Crippen LogP contribution in [0.2, 0.25) is 0 Å². The number of benzene rings is 1. The van der Waals surface area contributed by atoms with Gasteiger partial charge in [0.1, 0.15) is 23.7 Å². The molecule has 7 heteroatoms. The van der Waals surface area contributed by atoms with Crippen LogP contribution in [0.4, 0.5) is 5.69 Å². The van der Waals surface area contributed by atoms with Crippen molar-refractivity contribution in [1.29, 1.82) is 0 Å². The maximum Gasteiger partial charge on any atom is 0.254 e. The zero-order chi connectivity index (χ0) is 15.5. The standard InChI is InChI=1S/C16H22N2O4.ClH/c1-3-20-14-7-11-6-10(2)22-13(11)8-12(14)18-16(19)15-9-17-4-5-21-15;/h7-8,10,15,17H,3-6,9H2,1-2H3,(H,18,19);1H. The zero-order valence-corrected chi connectivity index (χ0v) is 14.2. The third kappa shape index (κ3) is 4.07. The number of rotatable bonds is 4. The van der Waals surface area contributed by atoms with Gasteiger partial charge in [-0.3, -0.25) is 4.79 Å². The molecule has 3 rings (SSSR count). The molecule has 2 atom stereocenters. The van der Waals surface area contributed by atoms with Gasteiger partial charge in [0.25, 0.3) is 5.91 Å². The van der Waals surface area contributed by atoms with Crippen LogP contribution in [0.1, 0.15) is 19.4 Å². The Kier molecular flexibility index (Phi) is 6.10. The van der Waals surface area contributed by atoms with Gasteiger partial charge in [0, 0.05) is 31.1 Å². The summed E-state index contributed by atoms with van der Waals surface area (Å²) in [6, 6.07) is 3.80. The van der Waals surface area contributed by atoms with Crippen LogP contribution in [0.25, 0.3) is 0 Å². The van der Waals surface area contributed by atoms with Gasteiger partial charge in [-0.2, -0.15) is 0 Å². The zero-order valence-electron chi connectivity index (χ0n) is 13.4. The van der Waals surface area contributed by atoms with Crippen molar-refractivity contribution >= 4 is 24.0 Å². The summed E-state index contributed by atoms with van der Waals surface area (Å²) in [7, 11) is 0. The monoisotopic (exact) mass is 342 g/mol. The number of ether oxygens (including phenoxy) is 3. The average molecular weight is 343 g/mol. The lowest BCUT2D eigenvalue weighted by atomic mass is 10.1. The van der Waals surface area contributed by atoms with Crippen molar-refractivity contribution in [2.45, 2.75) is 32.5 Å². The Morgan fingerprint density at radius 1 is 1.48 bits per heavy atom. The first-order valence-electron chi connectivity index (χ1n) is 7.77. The van der Waals surface area contributed by atoms with Gasteiger partial charge in [0.15, 0.2) is 0 Å². The van der Waals surface area contributed by atoms with Crippen LogP contribution in [0.5, 0.6) is 11.5 Å². The molecule has 1 amide bonds. The number of hydrogen-bond acceptors (Lipinski definition) is 5. The van der Waals surface area contributed by atoms with E-state index in [-0.39, 0.29) is 24.4 Å². The molecule has 1 fully saturated rings. The molecule has 1 aromatic carbocycles. The Bertz CT molecular complexity index is 561. The minimum atomic E-state index is -0.476. The first kappa shape index (κ1) is 17.8. The number of fused-ring (bicyclic) bond motifs is 1. The topological polar surface area (TPSA) is 68.8 Å². The molecule has 0 radical (unpaired) electrons. The van der Waals surface area contributed by atoms with E-state index in [1.54, 1.807) is 0 Å². The second-order valence-electron chi connectivity index (χ2n) is 5.57. The molecule has 6 nitrogen and oxygen atoms in total. The summed E-state index contributed by atoms with van der Waals surface area (Å²) < 4.78 is 16.9. The summed E-state index contributed by atoms with van der Waals surface area (Å²) in [4.78, 5) is 12.3. The summed E-state index contributed by atoms with van der Waals surface area (Å²) in [6.45, 7) is 6.33. The van der Waals surface area contributed by atoms with Crippen LogP contribution in [0, 0.1) is 0 Å². The van der Waals surface area contributed by atoms with Gasteiger partial charge < -0.3 is 24.8 Å². The number of carbonyl (C=O) groups excluding carboxylic acids is 1. The SMILES string of the molecule is CCOc1cc2c(cc1NC(=O)C1CNCCO1)OC(C)C2.Cl. The molecule has 1 aromatic rings. The Balaban J connectivity index is 0.00000192.